The Balaban J connectivity index is 0.00000120. The van der Waals surface area contributed by atoms with Gasteiger partial charge in [0, 0.05) is 0 Å². The maximum Gasteiger partial charge on any atom is 1.00 e. The van der Waals surface area contributed by atoms with Crippen molar-refractivity contribution < 1.29 is 64.3 Å². The minimum atomic E-state index is -4.79. The van der Waals surface area contributed by atoms with Crippen LogP contribution in [0, 0.1) is 17.7 Å². The summed E-state index contributed by atoms with van der Waals surface area (Å²) in [5.41, 5.74) is 0.855. The van der Waals surface area contributed by atoms with Gasteiger partial charge < -0.3 is 12.9 Å². The normalized spacial score (nSPS) is 31.4. The Bertz CT molecular complexity index is 406. The van der Waals surface area contributed by atoms with Crippen molar-refractivity contribution in [1.29, 1.82) is 0 Å². The molecule has 0 heterocycles. The van der Waals surface area contributed by atoms with Gasteiger partial charge in [-0.2, -0.15) is 0 Å². The van der Waals surface area contributed by atoms with E-state index >= 15 is 0 Å². The van der Waals surface area contributed by atoms with E-state index in [2.05, 4.69) is 0 Å². The Hall–Kier alpha value is 0.711. The molecule has 0 amide bonds. The zero-order valence-corrected chi connectivity index (χ0v) is 13.6. The van der Waals surface area contributed by atoms with Crippen LogP contribution in [0.2, 0.25) is 0 Å². The van der Waals surface area contributed by atoms with Crippen LogP contribution in [0.5, 0.6) is 0 Å². The molecule has 0 aliphatic heterocycles. The summed E-state index contributed by atoms with van der Waals surface area (Å²) < 4.78 is 39.5. The predicted octanol–water partition coefficient (Wildman–Crippen LogP) is 1.17. The molecular weight excluding hydrogens is 263 g/mol. The van der Waals surface area contributed by atoms with Gasteiger partial charge in [-0.05, 0) is 30.2 Å². The minimum absolute atomic E-state index is 0. The van der Waals surface area contributed by atoms with Crippen LogP contribution in [0.3, 0.4) is 0 Å². The Kier molecular flexibility index (Phi) is 4.70. The van der Waals surface area contributed by atoms with Gasteiger partial charge in [-0.1, -0.05) is 48.5 Å². The Morgan fingerprint density at radius 1 is 1.00 bits per heavy atom. The molecule has 3 rings (SSSR count). The molecule has 2 fully saturated rings. The Morgan fingerprint density at radius 2 is 1.67 bits per heavy atom. The van der Waals surface area contributed by atoms with Gasteiger partial charge in [-0.3, -0.25) is 0 Å². The van der Waals surface area contributed by atoms with Crippen LogP contribution in [0.4, 0.5) is 12.9 Å². The van der Waals surface area contributed by atoms with Gasteiger partial charge in [-0.15, -0.1) is 0 Å². The molecular formula is C13H14BF3K. The van der Waals surface area contributed by atoms with Crippen LogP contribution in [0.15, 0.2) is 30.3 Å². The van der Waals surface area contributed by atoms with Gasteiger partial charge in [0.15, 0.2) is 0 Å². The molecule has 2 bridgehead atoms. The van der Waals surface area contributed by atoms with E-state index in [1.54, 1.807) is 0 Å². The number of hydrogen-bond donors (Lipinski definition) is 0. The molecule has 91 valence electrons. The number of benzene rings is 1. The number of fused-ring (bicyclic) bond motifs is 2. The van der Waals surface area contributed by atoms with Gasteiger partial charge in [0.1, 0.15) is 0 Å². The predicted molar refractivity (Wildman–Crippen MR) is 62.3 cm³/mol. The SMILES string of the molecule is F[B-](F)(F)[C]1C2CCC(C2)C1c1ccccc1.[K+]. The van der Waals surface area contributed by atoms with Gasteiger partial charge in [-0.25, -0.2) is 0 Å². The van der Waals surface area contributed by atoms with Gasteiger partial charge in [0.05, 0.1) is 0 Å². The van der Waals surface area contributed by atoms with Crippen molar-refractivity contribution in [3.05, 3.63) is 41.7 Å². The average molecular weight is 277 g/mol. The summed E-state index contributed by atoms with van der Waals surface area (Å²) in [7, 11) is 0. The van der Waals surface area contributed by atoms with E-state index < -0.39 is 6.98 Å². The fourth-order valence-corrected chi connectivity index (χ4v) is 3.74. The topological polar surface area (TPSA) is 0 Å². The summed E-state index contributed by atoms with van der Waals surface area (Å²) in [6.45, 7) is -4.79. The third-order valence-corrected chi connectivity index (χ3v) is 4.31. The molecule has 2 aliphatic rings. The van der Waals surface area contributed by atoms with E-state index in [0.717, 1.165) is 24.8 Å². The van der Waals surface area contributed by atoms with Crippen molar-refractivity contribution in [1.82, 2.24) is 0 Å². The molecule has 0 N–H and O–H groups in total. The molecule has 2 aliphatic carbocycles. The third-order valence-electron chi connectivity index (χ3n) is 4.31. The maximum atomic E-state index is 13.2. The van der Waals surface area contributed by atoms with E-state index in [4.69, 9.17) is 0 Å². The fourth-order valence-electron chi connectivity index (χ4n) is 3.74. The third kappa shape index (κ3) is 2.62. The molecule has 1 radical (unpaired) electrons. The molecule has 3 unspecified atom stereocenters. The summed E-state index contributed by atoms with van der Waals surface area (Å²) in [5, 5.41) is 0. The van der Waals surface area contributed by atoms with Crippen LogP contribution in [-0.4, -0.2) is 6.98 Å². The van der Waals surface area contributed by atoms with Crippen molar-refractivity contribution in [3.63, 3.8) is 0 Å². The van der Waals surface area contributed by atoms with Gasteiger partial charge in [0.2, 0.25) is 0 Å². The largest absolute Gasteiger partial charge is 1.00 e. The molecule has 1 aromatic carbocycles. The second-order valence-electron chi connectivity index (χ2n) is 5.23. The first-order chi connectivity index (χ1) is 8.07. The summed E-state index contributed by atoms with van der Waals surface area (Å²) in [4.78, 5) is 0. The van der Waals surface area contributed by atoms with Crippen molar-refractivity contribution in [3.8, 4) is 0 Å². The van der Waals surface area contributed by atoms with E-state index in [1.807, 2.05) is 30.3 Å². The number of rotatable bonds is 2. The summed E-state index contributed by atoms with van der Waals surface area (Å²) in [5.74, 6) is -0.423. The fraction of sp³-hybridized carbons (Fsp3) is 0.462. The van der Waals surface area contributed by atoms with E-state index in [1.165, 1.54) is 0 Å². The second-order valence-corrected chi connectivity index (χ2v) is 5.23. The second kappa shape index (κ2) is 5.60. The van der Waals surface area contributed by atoms with E-state index in [-0.39, 0.29) is 75.0 Å². The van der Waals surface area contributed by atoms with Crippen LogP contribution in [0.1, 0.15) is 30.7 Å². The zero-order chi connectivity index (χ0) is 12.0. The summed E-state index contributed by atoms with van der Waals surface area (Å²) in [6.07, 6.45) is 2.45. The summed E-state index contributed by atoms with van der Waals surface area (Å²) in [6, 6.07) is 9.21. The molecule has 1 aromatic rings. The van der Waals surface area contributed by atoms with E-state index in [9.17, 15) is 12.9 Å². The molecule has 0 aromatic heterocycles. The first-order valence-corrected chi connectivity index (χ1v) is 6.19. The average Bonchev–Trinajstić information content (AvgIpc) is 2.88. The van der Waals surface area contributed by atoms with Crippen LogP contribution in [0.25, 0.3) is 0 Å². The smallest absolute Gasteiger partial charge is 0.449 e. The van der Waals surface area contributed by atoms with Crippen molar-refractivity contribution in [2.24, 2.45) is 11.8 Å². The quantitative estimate of drug-likeness (QED) is 0.712. The Morgan fingerprint density at radius 3 is 2.28 bits per heavy atom. The molecule has 18 heavy (non-hydrogen) atoms. The molecule has 0 spiro atoms. The standard InChI is InChI=1S/C13H14BF3.K/c15-14(16,17)13-11-7-6-10(8-11)12(13)9-4-2-1-3-5-9;/h1-5,10-12H,6-8H2;/q-1;+1. The van der Waals surface area contributed by atoms with Crippen molar-refractivity contribution in [2.75, 3.05) is 0 Å². The van der Waals surface area contributed by atoms with Crippen molar-refractivity contribution >= 4 is 6.98 Å². The maximum absolute atomic E-state index is 13.2. The van der Waals surface area contributed by atoms with Crippen molar-refractivity contribution in [2.45, 2.75) is 25.2 Å². The summed E-state index contributed by atoms with van der Waals surface area (Å²) >= 11 is 0. The van der Waals surface area contributed by atoms with Crippen LogP contribution < -0.4 is 51.4 Å². The molecule has 0 saturated heterocycles. The molecule has 2 saturated carbocycles. The number of halogens is 3. The zero-order valence-electron chi connectivity index (χ0n) is 10.5. The van der Waals surface area contributed by atoms with E-state index in [0.29, 0.717) is 0 Å². The molecule has 3 atom stereocenters. The molecule has 5 heteroatoms. The van der Waals surface area contributed by atoms with Gasteiger partial charge >= 0.3 is 58.4 Å². The van der Waals surface area contributed by atoms with Crippen LogP contribution >= 0.6 is 0 Å². The molecule has 0 nitrogen and oxygen atoms in total. The van der Waals surface area contributed by atoms with Gasteiger partial charge in [0.25, 0.3) is 0 Å². The first kappa shape index (κ1) is 15.1. The number of hydrogen-bond acceptors (Lipinski definition) is 0. The first-order valence-electron chi connectivity index (χ1n) is 6.19. The minimum Gasteiger partial charge on any atom is -0.449 e. The Labute approximate surface area is 148 Å². The monoisotopic (exact) mass is 277 g/mol. The van der Waals surface area contributed by atoms with Crippen LogP contribution in [-0.2, 0) is 0 Å².